The van der Waals surface area contributed by atoms with Crippen molar-refractivity contribution in [3.05, 3.63) is 54.7 Å². The predicted molar refractivity (Wildman–Crippen MR) is 80.8 cm³/mol. The number of carbonyl (C=O) groups excluding carboxylic acids is 1. The van der Waals surface area contributed by atoms with Crippen molar-refractivity contribution in [2.24, 2.45) is 0 Å². The van der Waals surface area contributed by atoms with Crippen molar-refractivity contribution in [3.63, 3.8) is 0 Å². The van der Waals surface area contributed by atoms with Crippen molar-refractivity contribution in [1.82, 2.24) is 14.6 Å². The van der Waals surface area contributed by atoms with Gasteiger partial charge in [0, 0.05) is 30.2 Å². The van der Waals surface area contributed by atoms with E-state index in [2.05, 4.69) is 15.4 Å². The molecule has 1 amide bonds. The van der Waals surface area contributed by atoms with Gasteiger partial charge in [0.15, 0.2) is 9.84 Å². The predicted octanol–water partition coefficient (Wildman–Crippen LogP) is 1.22. The molecular formula is C14H12N4O3S. The minimum atomic E-state index is -3.26. The summed E-state index contributed by atoms with van der Waals surface area (Å²) < 4.78 is 24.6. The van der Waals surface area contributed by atoms with E-state index in [1.165, 1.54) is 29.5 Å². The number of nitrogens with one attached hydrogen (secondary N) is 1. The van der Waals surface area contributed by atoms with Gasteiger partial charge in [0.2, 0.25) is 0 Å². The Bertz CT molecular complexity index is 949. The molecular weight excluding hydrogens is 304 g/mol. The van der Waals surface area contributed by atoms with Gasteiger partial charge >= 0.3 is 0 Å². The second-order valence-corrected chi connectivity index (χ2v) is 6.76. The fraction of sp³-hybridized carbons (Fsp3) is 0.0714. The Kier molecular flexibility index (Phi) is 3.38. The van der Waals surface area contributed by atoms with E-state index in [0.29, 0.717) is 16.5 Å². The molecule has 0 spiro atoms. The lowest BCUT2D eigenvalue weighted by molar-refractivity contribution is 0.101. The van der Waals surface area contributed by atoms with Crippen LogP contribution in [0.5, 0.6) is 0 Å². The molecule has 0 aliphatic rings. The van der Waals surface area contributed by atoms with E-state index in [-0.39, 0.29) is 10.8 Å². The minimum Gasteiger partial charge on any atom is -0.267 e. The first-order chi connectivity index (χ1) is 10.4. The van der Waals surface area contributed by atoms with E-state index in [1.807, 2.05) is 0 Å². The summed E-state index contributed by atoms with van der Waals surface area (Å²) in [5.41, 5.74) is 3.71. The van der Waals surface area contributed by atoms with Crippen molar-refractivity contribution >= 4 is 26.6 Å². The smallest absolute Gasteiger partial charge is 0.267 e. The van der Waals surface area contributed by atoms with Crippen molar-refractivity contribution in [1.29, 1.82) is 0 Å². The zero-order valence-corrected chi connectivity index (χ0v) is 12.4. The first-order valence-electron chi connectivity index (χ1n) is 6.33. The van der Waals surface area contributed by atoms with Gasteiger partial charge in [0.25, 0.3) is 5.91 Å². The summed E-state index contributed by atoms with van der Waals surface area (Å²) in [6.07, 6.45) is 6.97. The third-order valence-electron chi connectivity index (χ3n) is 3.13. The van der Waals surface area contributed by atoms with Crippen LogP contribution in [0.4, 0.5) is 0 Å². The Hall–Kier alpha value is -2.74. The molecule has 7 nitrogen and oxygen atoms in total. The SMILES string of the molecule is CS(=O)(=O)c1ccc2c(ccn2NC(=O)c2cncnc2)c1. The van der Waals surface area contributed by atoms with Crippen LogP contribution in [0.3, 0.4) is 0 Å². The number of fused-ring (bicyclic) bond motifs is 1. The number of nitrogens with zero attached hydrogens (tertiary/aromatic N) is 3. The molecule has 0 saturated carbocycles. The molecule has 8 heteroatoms. The van der Waals surface area contributed by atoms with Crippen LogP contribution in [0.15, 0.2) is 54.1 Å². The summed E-state index contributed by atoms with van der Waals surface area (Å²) >= 11 is 0. The van der Waals surface area contributed by atoms with Gasteiger partial charge < -0.3 is 0 Å². The quantitative estimate of drug-likeness (QED) is 0.784. The molecule has 3 rings (SSSR count). The third kappa shape index (κ3) is 2.68. The van der Waals surface area contributed by atoms with Gasteiger partial charge in [-0.05, 0) is 24.3 Å². The Labute approximate surface area is 126 Å². The highest BCUT2D eigenvalue weighted by atomic mass is 32.2. The van der Waals surface area contributed by atoms with Gasteiger partial charge in [-0.3, -0.25) is 14.9 Å². The molecule has 1 aromatic carbocycles. The summed E-state index contributed by atoms with van der Waals surface area (Å²) in [6.45, 7) is 0. The highest BCUT2D eigenvalue weighted by molar-refractivity contribution is 7.90. The average Bonchev–Trinajstić information content (AvgIpc) is 2.89. The number of amides is 1. The van der Waals surface area contributed by atoms with Gasteiger partial charge in [-0.15, -0.1) is 0 Å². The molecule has 112 valence electrons. The van der Waals surface area contributed by atoms with Crippen molar-refractivity contribution < 1.29 is 13.2 Å². The van der Waals surface area contributed by atoms with Crippen LogP contribution in [-0.2, 0) is 9.84 Å². The normalized spacial score (nSPS) is 11.5. The summed E-state index contributed by atoms with van der Waals surface area (Å²) in [4.78, 5) is 19.9. The Morgan fingerprint density at radius 3 is 2.59 bits per heavy atom. The van der Waals surface area contributed by atoms with Crippen LogP contribution in [0.2, 0.25) is 0 Å². The lowest BCUT2D eigenvalue weighted by Crippen LogP contribution is -2.22. The monoisotopic (exact) mass is 316 g/mol. The summed E-state index contributed by atoms with van der Waals surface area (Å²) in [5.74, 6) is -0.356. The minimum absolute atomic E-state index is 0.237. The van der Waals surface area contributed by atoms with Crippen LogP contribution < -0.4 is 5.43 Å². The standard InChI is InChI=1S/C14H12N4O3S/c1-22(20,21)12-2-3-13-10(6-12)4-5-18(13)17-14(19)11-7-15-9-16-8-11/h2-9H,1H3,(H,17,19). The fourth-order valence-electron chi connectivity index (χ4n) is 2.04. The second kappa shape index (κ2) is 5.23. The summed E-state index contributed by atoms with van der Waals surface area (Å²) in [5, 5.41) is 0.715. The molecule has 2 heterocycles. The topological polar surface area (TPSA) is 94.0 Å². The van der Waals surface area contributed by atoms with E-state index < -0.39 is 9.84 Å². The van der Waals surface area contributed by atoms with Gasteiger partial charge in [-0.2, -0.15) is 0 Å². The number of hydrogen-bond acceptors (Lipinski definition) is 5. The molecule has 0 aliphatic heterocycles. The number of aromatic nitrogens is 3. The maximum Gasteiger partial charge on any atom is 0.273 e. The Morgan fingerprint density at radius 1 is 1.18 bits per heavy atom. The third-order valence-corrected chi connectivity index (χ3v) is 4.24. The van der Waals surface area contributed by atoms with Crippen LogP contribution in [0, 0.1) is 0 Å². The zero-order valence-electron chi connectivity index (χ0n) is 11.6. The van der Waals surface area contributed by atoms with Crippen LogP contribution in [0.1, 0.15) is 10.4 Å². The van der Waals surface area contributed by atoms with Gasteiger partial charge in [-0.1, -0.05) is 0 Å². The molecule has 0 atom stereocenters. The molecule has 0 unspecified atom stereocenters. The molecule has 0 aliphatic carbocycles. The number of benzene rings is 1. The Balaban J connectivity index is 1.94. The lowest BCUT2D eigenvalue weighted by Gasteiger charge is -2.08. The van der Waals surface area contributed by atoms with E-state index in [1.54, 1.807) is 24.4 Å². The largest absolute Gasteiger partial charge is 0.273 e. The van der Waals surface area contributed by atoms with Crippen LogP contribution >= 0.6 is 0 Å². The summed E-state index contributed by atoms with van der Waals surface area (Å²) in [6, 6.07) is 6.45. The van der Waals surface area contributed by atoms with Gasteiger partial charge in [-0.25, -0.2) is 18.4 Å². The lowest BCUT2D eigenvalue weighted by atomic mass is 10.2. The van der Waals surface area contributed by atoms with E-state index in [4.69, 9.17) is 0 Å². The summed E-state index contributed by atoms with van der Waals surface area (Å²) in [7, 11) is -3.26. The highest BCUT2D eigenvalue weighted by Crippen LogP contribution is 2.19. The average molecular weight is 316 g/mol. The maximum atomic E-state index is 12.1. The number of rotatable bonds is 3. The first kappa shape index (κ1) is 14.2. The van der Waals surface area contributed by atoms with Crippen molar-refractivity contribution in [3.8, 4) is 0 Å². The number of sulfone groups is 1. The zero-order chi connectivity index (χ0) is 15.7. The molecule has 0 saturated heterocycles. The van der Waals surface area contributed by atoms with E-state index >= 15 is 0 Å². The molecule has 2 aromatic heterocycles. The fourth-order valence-corrected chi connectivity index (χ4v) is 2.70. The maximum absolute atomic E-state index is 12.1. The molecule has 3 aromatic rings. The molecule has 1 N–H and O–H groups in total. The van der Waals surface area contributed by atoms with Crippen molar-refractivity contribution in [2.45, 2.75) is 4.90 Å². The van der Waals surface area contributed by atoms with Crippen LogP contribution in [-0.4, -0.2) is 35.2 Å². The van der Waals surface area contributed by atoms with Crippen LogP contribution in [0.25, 0.3) is 10.9 Å². The number of hydrogen-bond donors (Lipinski definition) is 1. The van der Waals surface area contributed by atoms with E-state index in [0.717, 1.165) is 6.26 Å². The molecule has 22 heavy (non-hydrogen) atoms. The van der Waals surface area contributed by atoms with E-state index in [9.17, 15) is 13.2 Å². The molecule has 0 radical (unpaired) electrons. The highest BCUT2D eigenvalue weighted by Gasteiger charge is 2.11. The second-order valence-electron chi connectivity index (χ2n) is 4.75. The van der Waals surface area contributed by atoms with Gasteiger partial charge in [0.1, 0.15) is 6.33 Å². The van der Waals surface area contributed by atoms with Crippen molar-refractivity contribution in [2.75, 3.05) is 11.7 Å². The number of carbonyl (C=O) groups is 1. The molecule has 0 fully saturated rings. The molecule has 0 bridgehead atoms. The first-order valence-corrected chi connectivity index (χ1v) is 8.22. The Morgan fingerprint density at radius 2 is 1.91 bits per heavy atom. The van der Waals surface area contributed by atoms with Gasteiger partial charge in [0.05, 0.1) is 16.0 Å².